The van der Waals surface area contributed by atoms with Crippen LogP contribution < -0.4 is 10.1 Å². The second-order valence-electron chi connectivity index (χ2n) is 7.42. The summed E-state index contributed by atoms with van der Waals surface area (Å²) in [6.45, 7) is 0.651. The van der Waals surface area contributed by atoms with Gasteiger partial charge in [0, 0.05) is 22.8 Å². The van der Waals surface area contributed by atoms with Crippen molar-refractivity contribution in [2.24, 2.45) is 5.92 Å². The molecule has 6 heteroatoms. The molecule has 0 unspecified atom stereocenters. The SMILES string of the molecule is O=C(Oc1ccccc1-c1nc2ccc(Br)cn2c1NCc1ccccc1)C1CC1. The number of esters is 1. The average molecular weight is 462 g/mol. The van der Waals surface area contributed by atoms with Crippen molar-refractivity contribution in [3.63, 3.8) is 0 Å². The lowest BCUT2D eigenvalue weighted by Crippen LogP contribution is -2.10. The number of aromatic nitrogens is 2. The number of imidazole rings is 1. The summed E-state index contributed by atoms with van der Waals surface area (Å²) < 4.78 is 8.71. The highest BCUT2D eigenvalue weighted by molar-refractivity contribution is 9.10. The van der Waals surface area contributed by atoms with Crippen molar-refractivity contribution in [1.82, 2.24) is 9.38 Å². The molecule has 150 valence electrons. The van der Waals surface area contributed by atoms with Crippen molar-refractivity contribution in [2.45, 2.75) is 19.4 Å². The standard InChI is InChI=1S/C24H20BrN3O2/c25-18-12-13-21-27-22(19-8-4-5-9-20(19)30-24(29)17-10-11-17)23(28(21)15-18)26-14-16-6-2-1-3-7-16/h1-9,12-13,15,17,26H,10-11,14H2. The maximum absolute atomic E-state index is 12.3. The zero-order valence-electron chi connectivity index (χ0n) is 16.2. The summed E-state index contributed by atoms with van der Waals surface area (Å²) in [4.78, 5) is 17.2. The first-order valence-corrected chi connectivity index (χ1v) is 10.7. The van der Waals surface area contributed by atoms with Crippen molar-refractivity contribution in [3.05, 3.63) is 83.0 Å². The van der Waals surface area contributed by atoms with Gasteiger partial charge in [-0.25, -0.2) is 4.98 Å². The molecular formula is C24H20BrN3O2. The van der Waals surface area contributed by atoms with Crippen molar-refractivity contribution >= 4 is 33.4 Å². The van der Waals surface area contributed by atoms with E-state index in [2.05, 4.69) is 33.4 Å². The van der Waals surface area contributed by atoms with Crippen molar-refractivity contribution in [1.29, 1.82) is 0 Å². The van der Waals surface area contributed by atoms with E-state index in [1.54, 1.807) is 0 Å². The summed E-state index contributed by atoms with van der Waals surface area (Å²) in [5.41, 5.74) is 3.53. The van der Waals surface area contributed by atoms with Gasteiger partial charge >= 0.3 is 5.97 Å². The summed E-state index contributed by atoms with van der Waals surface area (Å²) in [6, 6.07) is 21.7. The van der Waals surface area contributed by atoms with Gasteiger partial charge in [-0.05, 0) is 58.6 Å². The molecule has 30 heavy (non-hydrogen) atoms. The van der Waals surface area contributed by atoms with Crippen LogP contribution in [-0.4, -0.2) is 15.4 Å². The third-order valence-corrected chi connectivity index (χ3v) is 5.62. The Hall–Kier alpha value is -3.12. The van der Waals surface area contributed by atoms with Gasteiger partial charge in [0.15, 0.2) is 0 Å². The van der Waals surface area contributed by atoms with Crippen LogP contribution in [0.15, 0.2) is 77.4 Å². The Labute approximate surface area is 182 Å². The molecule has 0 atom stereocenters. The van der Waals surface area contributed by atoms with Gasteiger partial charge in [0.2, 0.25) is 0 Å². The fraction of sp³-hybridized carbons (Fsp3) is 0.167. The minimum atomic E-state index is -0.159. The zero-order valence-corrected chi connectivity index (χ0v) is 17.8. The number of halogens is 1. The molecule has 1 saturated carbocycles. The van der Waals surface area contributed by atoms with E-state index in [0.717, 1.165) is 40.0 Å². The largest absolute Gasteiger partial charge is 0.426 e. The predicted molar refractivity (Wildman–Crippen MR) is 120 cm³/mol. The lowest BCUT2D eigenvalue weighted by molar-refractivity contribution is -0.135. The minimum absolute atomic E-state index is 0.0331. The molecule has 0 amide bonds. The number of ether oxygens (including phenoxy) is 1. The summed E-state index contributed by atoms with van der Waals surface area (Å²) in [6.07, 6.45) is 3.80. The molecule has 0 radical (unpaired) electrons. The van der Waals surface area contributed by atoms with Crippen LogP contribution in [0.4, 0.5) is 5.82 Å². The second kappa shape index (κ2) is 7.95. The van der Waals surface area contributed by atoms with Crippen LogP contribution in [0.5, 0.6) is 5.75 Å². The number of hydrogen-bond donors (Lipinski definition) is 1. The fourth-order valence-corrected chi connectivity index (χ4v) is 3.76. The Morgan fingerprint density at radius 3 is 2.63 bits per heavy atom. The highest BCUT2D eigenvalue weighted by Crippen LogP contribution is 2.38. The number of carbonyl (C=O) groups is 1. The normalized spacial score (nSPS) is 13.4. The highest BCUT2D eigenvalue weighted by Gasteiger charge is 2.32. The molecule has 2 aromatic heterocycles. The van der Waals surface area contributed by atoms with Gasteiger partial charge in [0.25, 0.3) is 0 Å². The molecule has 4 aromatic rings. The van der Waals surface area contributed by atoms with E-state index >= 15 is 0 Å². The minimum Gasteiger partial charge on any atom is -0.426 e. The lowest BCUT2D eigenvalue weighted by atomic mass is 10.1. The molecule has 0 bridgehead atoms. The Bertz CT molecular complexity index is 1220. The number of rotatable bonds is 6. The van der Waals surface area contributed by atoms with Crippen LogP contribution in [0.1, 0.15) is 18.4 Å². The molecular weight excluding hydrogens is 442 g/mol. The molecule has 0 spiro atoms. The van der Waals surface area contributed by atoms with Crippen LogP contribution in [-0.2, 0) is 11.3 Å². The van der Waals surface area contributed by atoms with Gasteiger partial charge in [-0.15, -0.1) is 0 Å². The van der Waals surface area contributed by atoms with Crippen molar-refractivity contribution in [3.8, 4) is 17.0 Å². The lowest BCUT2D eigenvalue weighted by Gasteiger charge is -2.12. The third kappa shape index (κ3) is 3.83. The molecule has 5 rings (SSSR count). The molecule has 0 aliphatic heterocycles. The van der Waals surface area contributed by atoms with Gasteiger partial charge in [-0.1, -0.05) is 42.5 Å². The summed E-state index contributed by atoms with van der Waals surface area (Å²) in [7, 11) is 0. The van der Waals surface area contributed by atoms with Gasteiger partial charge in [-0.3, -0.25) is 9.20 Å². The summed E-state index contributed by atoms with van der Waals surface area (Å²) >= 11 is 3.55. The van der Waals surface area contributed by atoms with Gasteiger partial charge in [-0.2, -0.15) is 0 Å². The number of hydrogen-bond acceptors (Lipinski definition) is 4. The number of pyridine rings is 1. The van der Waals surface area contributed by atoms with Crippen molar-refractivity contribution in [2.75, 3.05) is 5.32 Å². The number of fused-ring (bicyclic) bond motifs is 1. The van der Waals surface area contributed by atoms with Crippen molar-refractivity contribution < 1.29 is 9.53 Å². The number of carbonyl (C=O) groups excluding carboxylic acids is 1. The van der Waals surface area contributed by atoms with E-state index in [0.29, 0.717) is 12.3 Å². The number of nitrogens with zero attached hydrogens (tertiary/aromatic N) is 2. The maximum atomic E-state index is 12.3. The Morgan fingerprint density at radius 1 is 1.07 bits per heavy atom. The van der Waals surface area contributed by atoms with E-state index in [9.17, 15) is 4.79 Å². The Morgan fingerprint density at radius 2 is 1.83 bits per heavy atom. The molecule has 1 aliphatic rings. The number of anilines is 1. The second-order valence-corrected chi connectivity index (χ2v) is 8.33. The van der Waals surface area contributed by atoms with Crippen LogP contribution in [0.3, 0.4) is 0 Å². The van der Waals surface area contributed by atoms with E-state index < -0.39 is 0 Å². The van der Waals surface area contributed by atoms with E-state index in [1.165, 1.54) is 5.56 Å². The number of para-hydroxylation sites is 1. The quantitative estimate of drug-likeness (QED) is 0.296. The number of benzene rings is 2. The van der Waals surface area contributed by atoms with Crippen LogP contribution in [0.2, 0.25) is 0 Å². The summed E-state index contributed by atoms with van der Waals surface area (Å²) in [5.74, 6) is 1.27. The molecule has 2 heterocycles. The first kappa shape index (κ1) is 18.9. The highest BCUT2D eigenvalue weighted by atomic mass is 79.9. The molecule has 1 N–H and O–H groups in total. The van der Waals surface area contributed by atoms with Crippen LogP contribution >= 0.6 is 15.9 Å². The van der Waals surface area contributed by atoms with E-state index in [-0.39, 0.29) is 11.9 Å². The molecule has 2 aromatic carbocycles. The maximum Gasteiger partial charge on any atom is 0.314 e. The molecule has 5 nitrogen and oxygen atoms in total. The van der Waals surface area contributed by atoms with Gasteiger partial charge in [0.1, 0.15) is 22.9 Å². The Kier molecular flexibility index (Phi) is 5.01. The topological polar surface area (TPSA) is 55.6 Å². The third-order valence-electron chi connectivity index (χ3n) is 5.15. The number of nitrogens with one attached hydrogen (secondary N) is 1. The van der Waals surface area contributed by atoms with Gasteiger partial charge in [0.05, 0.1) is 5.92 Å². The Balaban J connectivity index is 1.58. The monoisotopic (exact) mass is 461 g/mol. The first-order valence-electron chi connectivity index (χ1n) is 9.95. The van der Waals surface area contributed by atoms with Crippen LogP contribution in [0.25, 0.3) is 16.9 Å². The van der Waals surface area contributed by atoms with Gasteiger partial charge < -0.3 is 10.1 Å². The average Bonchev–Trinajstić information content (AvgIpc) is 3.56. The molecule has 0 saturated heterocycles. The fourth-order valence-electron chi connectivity index (χ4n) is 3.42. The smallest absolute Gasteiger partial charge is 0.314 e. The summed E-state index contributed by atoms with van der Waals surface area (Å²) in [5, 5.41) is 3.53. The van der Waals surface area contributed by atoms with E-state index in [4.69, 9.17) is 9.72 Å². The molecule has 1 fully saturated rings. The zero-order chi connectivity index (χ0) is 20.5. The van der Waals surface area contributed by atoms with E-state index in [1.807, 2.05) is 65.2 Å². The van der Waals surface area contributed by atoms with Crippen LogP contribution in [0, 0.1) is 5.92 Å². The first-order chi connectivity index (χ1) is 14.7. The predicted octanol–water partition coefficient (Wildman–Crippen LogP) is 5.69. The molecule has 1 aliphatic carbocycles.